The van der Waals surface area contributed by atoms with Crippen LogP contribution >= 0.6 is 0 Å². The number of hydrogen-bond donors (Lipinski definition) is 1. The van der Waals surface area contributed by atoms with Gasteiger partial charge in [0, 0.05) is 5.56 Å². The molecule has 0 aliphatic carbocycles. The van der Waals surface area contributed by atoms with Gasteiger partial charge in [0.25, 0.3) is 0 Å². The first-order chi connectivity index (χ1) is 9.03. The van der Waals surface area contributed by atoms with Gasteiger partial charge in [0.15, 0.2) is 11.5 Å². The Morgan fingerprint density at radius 3 is 2.05 bits per heavy atom. The monoisotopic (exact) mass is 264 g/mol. The Morgan fingerprint density at radius 2 is 1.68 bits per heavy atom. The van der Waals surface area contributed by atoms with E-state index in [1.54, 1.807) is 0 Å². The lowest BCUT2D eigenvalue weighted by molar-refractivity contribution is 0.105. The second kappa shape index (κ2) is 6.66. The smallest absolute Gasteiger partial charge is 0.236 e. The van der Waals surface area contributed by atoms with E-state index in [1.165, 1.54) is 40.4 Å². The zero-order valence-corrected chi connectivity index (χ0v) is 11.3. The highest BCUT2D eigenvalue weighted by molar-refractivity contribution is 6.09. The maximum atomic E-state index is 11.8. The maximum Gasteiger partial charge on any atom is 0.236 e. The van der Waals surface area contributed by atoms with Gasteiger partial charge in [0.05, 0.1) is 21.3 Å². The van der Waals surface area contributed by atoms with Crippen molar-refractivity contribution in [2.24, 2.45) is 0 Å². The van der Waals surface area contributed by atoms with Gasteiger partial charge in [-0.2, -0.15) is 0 Å². The van der Waals surface area contributed by atoms with E-state index in [0.29, 0.717) is 22.8 Å². The second-order valence-corrected chi connectivity index (χ2v) is 3.69. The minimum atomic E-state index is -0.856. The van der Waals surface area contributed by atoms with Crippen LogP contribution in [0.15, 0.2) is 12.1 Å². The summed E-state index contributed by atoms with van der Waals surface area (Å²) in [7, 11) is 4.41. The molecule has 0 bridgehead atoms. The Kier molecular flexibility index (Phi) is 5.22. The van der Waals surface area contributed by atoms with Crippen LogP contribution < -0.4 is 14.2 Å². The van der Waals surface area contributed by atoms with Crippen LogP contribution in [0.4, 0.5) is 0 Å². The number of aliphatic hydroxyl groups is 1. The maximum absolute atomic E-state index is 11.8. The van der Waals surface area contributed by atoms with Gasteiger partial charge in [-0.15, -0.1) is 0 Å². The second-order valence-electron chi connectivity index (χ2n) is 3.69. The summed E-state index contributed by atoms with van der Waals surface area (Å²) in [6, 6.07) is 3.03. The molecule has 0 aliphatic rings. The molecule has 0 radical (unpaired) electrons. The Balaban J connectivity index is 3.24. The molecule has 19 heavy (non-hydrogen) atoms. The molecular formula is C14H16O5. The third kappa shape index (κ3) is 3.63. The topological polar surface area (TPSA) is 65.0 Å². The van der Waals surface area contributed by atoms with Crippen LogP contribution in [0.5, 0.6) is 17.2 Å². The first-order valence-corrected chi connectivity index (χ1v) is 5.57. The summed E-state index contributed by atoms with van der Waals surface area (Å²) in [5.74, 6) is 5.47. The van der Waals surface area contributed by atoms with Crippen molar-refractivity contribution in [3.8, 4) is 29.1 Å². The molecular weight excluding hydrogens is 248 g/mol. The van der Waals surface area contributed by atoms with Gasteiger partial charge >= 0.3 is 0 Å². The number of carbonyl (C=O) groups excluding carboxylic acids is 1. The SMILES string of the molecule is COc1cc(C(=O)C#CC(C)O)cc(OC)c1OC. The summed E-state index contributed by atoms with van der Waals surface area (Å²) >= 11 is 0. The summed E-state index contributed by atoms with van der Waals surface area (Å²) in [6.45, 7) is 1.48. The molecule has 1 atom stereocenters. The van der Waals surface area contributed by atoms with Crippen molar-refractivity contribution in [2.45, 2.75) is 13.0 Å². The van der Waals surface area contributed by atoms with E-state index in [9.17, 15) is 4.79 Å². The van der Waals surface area contributed by atoms with Crippen LogP contribution in [0, 0.1) is 11.8 Å². The van der Waals surface area contributed by atoms with Gasteiger partial charge in [-0.25, -0.2) is 0 Å². The Labute approximate surface area is 112 Å². The molecule has 5 heteroatoms. The van der Waals surface area contributed by atoms with Crippen LogP contribution in [0.2, 0.25) is 0 Å². The number of benzene rings is 1. The van der Waals surface area contributed by atoms with Crippen LogP contribution in [0.3, 0.4) is 0 Å². The van der Waals surface area contributed by atoms with E-state index in [4.69, 9.17) is 19.3 Å². The van der Waals surface area contributed by atoms with Gasteiger partial charge in [0.2, 0.25) is 11.5 Å². The summed E-state index contributed by atoms with van der Waals surface area (Å²) in [5, 5.41) is 9.04. The Morgan fingerprint density at radius 1 is 1.16 bits per heavy atom. The Bertz CT molecular complexity index is 497. The number of rotatable bonds is 4. The van der Waals surface area contributed by atoms with Crippen molar-refractivity contribution < 1.29 is 24.1 Å². The average molecular weight is 264 g/mol. The number of Topliss-reactive ketones (excluding diaryl/α,β-unsaturated/α-hetero) is 1. The third-order valence-electron chi connectivity index (χ3n) is 2.32. The molecule has 0 aromatic heterocycles. The molecule has 102 valence electrons. The lowest BCUT2D eigenvalue weighted by atomic mass is 10.1. The summed E-state index contributed by atoms with van der Waals surface area (Å²) in [5.41, 5.74) is 0.308. The largest absolute Gasteiger partial charge is 0.493 e. The number of ether oxygens (including phenoxy) is 3. The molecule has 1 rings (SSSR count). The number of hydrogen-bond acceptors (Lipinski definition) is 5. The minimum Gasteiger partial charge on any atom is -0.493 e. The van der Waals surface area contributed by atoms with E-state index < -0.39 is 11.9 Å². The lowest BCUT2D eigenvalue weighted by Gasteiger charge is -2.12. The number of ketones is 1. The molecule has 1 unspecified atom stereocenters. The first-order valence-electron chi connectivity index (χ1n) is 5.57. The quantitative estimate of drug-likeness (QED) is 0.504. The third-order valence-corrected chi connectivity index (χ3v) is 2.32. The summed E-state index contributed by atoms with van der Waals surface area (Å²) in [4.78, 5) is 11.8. The summed E-state index contributed by atoms with van der Waals surface area (Å²) in [6.07, 6.45) is -0.856. The zero-order valence-electron chi connectivity index (χ0n) is 11.3. The standard InChI is InChI=1S/C14H16O5/c1-9(15)5-6-11(16)10-7-12(17-2)14(19-4)13(8-10)18-3/h7-9,15H,1-4H3. The van der Waals surface area contributed by atoms with Crippen molar-refractivity contribution in [3.63, 3.8) is 0 Å². The van der Waals surface area contributed by atoms with Gasteiger partial charge in [-0.1, -0.05) is 5.92 Å². The van der Waals surface area contributed by atoms with E-state index in [-0.39, 0.29) is 0 Å². The highest BCUT2D eigenvalue weighted by atomic mass is 16.5. The van der Waals surface area contributed by atoms with Gasteiger partial charge in [0.1, 0.15) is 6.10 Å². The van der Waals surface area contributed by atoms with Crippen LogP contribution in [0.25, 0.3) is 0 Å². The predicted molar refractivity (Wildman–Crippen MR) is 69.9 cm³/mol. The molecule has 0 fully saturated rings. The first kappa shape index (κ1) is 14.9. The molecule has 0 saturated heterocycles. The Hall–Kier alpha value is -2.19. The van der Waals surface area contributed by atoms with Crippen molar-refractivity contribution >= 4 is 5.78 Å². The van der Waals surface area contributed by atoms with E-state index in [1.807, 2.05) is 0 Å². The minimum absolute atomic E-state index is 0.308. The van der Waals surface area contributed by atoms with Crippen LogP contribution in [-0.4, -0.2) is 38.3 Å². The van der Waals surface area contributed by atoms with Crippen molar-refractivity contribution in [1.82, 2.24) is 0 Å². The van der Waals surface area contributed by atoms with Gasteiger partial charge in [-0.05, 0) is 25.0 Å². The van der Waals surface area contributed by atoms with Crippen molar-refractivity contribution in [3.05, 3.63) is 17.7 Å². The molecule has 0 saturated carbocycles. The number of aliphatic hydroxyl groups excluding tert-OH is 1. The van der Waals surface area contributed by atoms with E-state index in [2.05, 4.69) is 11.8 Å². The molecule has 0 amide bonds. The average Bonchev–Trinajstić information content (AvgIpc) is 2.42. The normalized spacial score (nSPS) is 11.0. The summed E-state index contributed by atoms with van der Waals surface area (Å²) < 4.78 is 15.4. The van der Waals surface area contributed by atoms with E-state index in [0.717, 1.165) is 0 Å². The molecule has 1 N–H and O–H groups in total. The highest BCUT2D eigenvalue weighted by Gasteiger charge is 2.15. The molecule has 0 heterocycles. The highest BCUT2D eigenvalue weighted by Crippen LogP contribution is 2.38. The van der Waals surface area contributed by atoms with Crippen molar-refractivity contribution in [2.75, 3.05) is 21.3 Å². The zero-order chi connectivity index (χ0) is 14.4. The lowest BCUT2D eigenvalue weighted by Crippen LogP contribution is -2.02. The molecule has 1 aromatic carbocycles. The van der Waals surface area contributed by atoms with Crippen LogP contribution in [-0.2, 0) is 0 Å². The van der Waals surface area contributed by atoms with Crippen molar-refractivity contribution in [1.29, 1.82) is 0 Å². The fourth-order valence-corrected chi connectivity index (χ4v) is 1.45. The fraction of sp³-hybridized carbons (Fsp3) is 0.357. The molecule has 1 aromatic rings. The molecule has 5 nitrogen and oxygen atoms in total. The molecule has 0 spiro atoms. The number of carbonyl (C=O) groups is 1. The van der Waals surface area contributed by atoms with Gasteiger partial charge in [-0.3, -0.25) is 4.79 Å². The number of methoxy groups -OCH3 is 3. The van der Waals surface area contributed by atoms with E-state index >= 15 is 0 Å². The molecule has 0 aliphatic heterocycles. The van der Waals surface area contributed by atoms with Crippen LogP contribution in [0.1, 0.15) is 17.3 Å². The predicted octanol–water partition coefficient (Wildman–Crippen LogP) is 1.28. The van der Waals surface area contributed by atoms with Gasteiger partial charge < -0.3 is 19.3 Å². The fourth-order valence-electron chi connectivity index (χ4n) is 1.45.